The first-order valence-electron chi connectivity index (χ1n) is 10.2. The zero-order valence-corrected chi connectivity index (χ0v) is 18.7. The third-order valence-electron chi connectivity index (χ3n) is 5.06. The van der Waals surface area contributed by atoms with Gasteiger partial charge in [-0.1, -0.05) is 60.4 Å². The number of pyridine rings is 1. The summed E-state index contributed by atoms with van der Waals surface area (Å²) < 4.78 is 18.4. The zero-order valence-electron chi connectivity index (χ0n) is 17.9. The molecule has 158 valence electrons. The lowest BCUT2D eigenvalue weighted by Crippen LogP contribution is -2.03. The highest BCUT2D eigenvalue weighted by atomic mass is 32.2. The quantitative estimate of drug-likeness (QED) is 0.395. The molecule has 1 aliphatic carbocycles. The summed E-state index contributed by atoms with van der Waals surface area (Å²) in [4.78, 5) is 16.3. The molecule has 4 rings (SSSR count). The Balaban J connectivity index is 1.74. The van der Waals surface area contributed by atoms with Crippen LogP contribution in [-0.4, -0.2) is 21.2 Å². The second-order valence-electron chi connectivity index (χ2n) is 7.46. The summed E-state index contributed by atoms with van der Waals surface area (Å²) in [6.45, 7) is 1.48. The van der Waals surface area contributed by atoms with Crippen LogP contribution in [0.15, 0.2) is 88.3 Å². The number of benzene rings is 2. The zero-order chi connectivity index (χ0) is 22.6. The molecule has 0 amide bonds. The fraction of sp³-hybridized carbons (Fsp3) is 0.111. The first-order valence-corrected chi connectivity index (χ1v) is 12.1. The number of carbonyl (C=O) groups is 1. The number of hydrogen-bond donors (Lipinski definition) is 0. The van der Waals surface area contributed by atoms with E-state index in [1.807, 2.05) is 60.7 Å². The molecule has 0 fully saturated rings. The summed E-state index contributed by atoms with van der Waals surface area (Å²) in [6, 6.07) is 16.7. The number of aromatic nitrogens is 1. The van der Waals surface area contributed by atoms with Crippen LogP contribution in [0.25, 0.3) is 6.08 Å². The lowest BCUT2D eigenvalue weighted by Gasteiger charge is -2.13. The predicted octanol–water partition coefficient (Wildman–Crippen LogP) is 5.60. The molecule has 2 aromatic carbocycles. The Hall–Kier alpha value is -3.75. The van der Waals surface area contributed by atoms with Crippen LogP contribution in [0.2, 0.25) is 0 Å². The van der Waals surface area contributed by atoms with Gasteiger partial charge in [0.2, 0.25) is 0 Å². The maximum absolute atomic E-state index is 13.8. The normalized spacial score (nSPS) is 13.8. The van der Waals surface area contributed by atoms with E-state index in [1.165, 1.54) is 6.92 Å². The molecule has 3 aromatic rings. The number of nitrogens with zero attached hydrogens (tertiary/aromatic N) is 2. The number of Topliss-reactive ketones (excluding diaryl/α,β-unsaturated/α-hetero) is 1. The van der Waals surface area contributed by atoms with E-state index < -0.39 is 9.73 Å². The molecule has 0 bridgehead atoms. The molecule has 0 aliphatic heterocycles. The molecular weight excluding hydrogens is 416 g/mol. The van der Waals surface area contributed by atoms with Crippen LogP contribution >= 0.6 is 0 Å². The van der Waals surface area contributed by atoms with Gasteiger partial charge in [-0.05, 0) is 47.9 Å². The van der Waals surface area contributed by atoms with E-state index >= 15 is 0 Å². The van der Waals surface area contributed by atoms with Crippen LogP contribution in [0.1, 0.15) is 39.7 Å². The van der Waals surface area contributed by atoms with Crippen molar-refractivity contribution in [2.75, 3.05) is 6.26 Å². The summed E-state index contributed by atoms with van der Waals surface area (Å²) in [5.74, 6) is 6.08. The Labute approximate surface area is 188 Å². The van der Waals surface area contributed by atoms with Crippen LogP contribution in [0.3, 0.4) is 0 Å². The minimum Gasteiger partial charge on any atom is -0.293 e. The highest BCUT2D eigenvalue weighted by Gasteiger charge is 2.15. The highest BCUT2D eigenvalue weighted by Crippen LogP contribution is 2.28. The Bertz CT molecular complexity index is 1430. The van der Waals surface area contributed by atoms with Crippen LogP contribution in [0, 0.1) is 11.8 Å². The molecule has 1 unspecified atom stereocenters. The first-order chi connectivity index (χ1) is 15.4. The van der Waals surface area contributed by atoms with Gasteiger partial charge in [0.15, 0.2) is 5.78 Å². The minimum atomic E-state index is -2.70. The van der Waals surface area contributed by atoms with E-state index in [0.29, 0.717) is 28.9 Å². The summed E-state index contributed by atoms with van der Waals surface area (Å²) >= 11 is 0. The van der Waals surface area contributed by atoms with Gasteiger partial charge in [-0.15, -0.1) is 0 Å². The molecular formula is C27H22N2O2S. The average molecular weight is 439 g/mol. The van der Waals surface area contributed by atoms with Gasteiger partial charge in [-0.25, -0.2) is 4.21 Å². The van der Waals surface area contributed by atoms with Gasteiger partial charge in [-0.3, -0.25) is 9.78 Å². The lowest BCUT2D eigenvalue weighted by atomic mass is 10.1. The second kappa shape index (κ2) is 9.17. The number of ketones is 1. The van der Waals surface area contributed by atoms with Crippen molar-refractivity contribution in [3.63, 3.8) is 0 Å². The molecule has 1 aliphatic rings. The maximum Gasteiger partial charge on any atom is 0.178 e. The van der Waals surface area contributed by atoms with Gasteiger partial charge in [0.05, 0.1) is 25.9 Å². The van der Waals surface area contributed by atoms with E-state index in [4.69, 9.17) is 0 Å². The first kappa shape index (κ1) is 21.5. The molecule has 1 aromatic heterocycles. The largest absolute Gasteiger partial charge is 0.293 e. The molecule has 0 saturated carbocycles. The van der Waals surface area contributed by atoms with Crippen LogP contribution in [0.5, 0.6) is 0 Å². The maximum atomic E-state index is 13.8. The van der Waals surface area contributed by atoms with E-state index in [-0.39, 0.29) is 5.78 Å². The van der Waals surface area contributed by atoms with Crippen molar-refractivity contribution in [2.45, 2.75) is 18.2 Å². The summed E-state index contributed by atoms with van der Waals surface area (Å²) in [5, 5.41) is 0. The number of rotatable bonds is 3. The SMILES string of the molecule is CC(=O)c1ccc(C#Cc2ccccc2N=S(C)(=O)c2cccc3c2CC=CC=C3)cn1. The average Bonchev–Trinajstić information content (AvgIpc) is 3.04. The molecule has 0 radical (unpaired) electrons. The second-order valence-corrected chi connectivity index (χ2v) is 9.69. The molecule has 0 saturated heterocycles. The Morgan fingerprint density at radius 2 is 1.88 bits per heavy atom. The van der Waals surface area contributed by atoms with E-state index in [1.54, 1.807) is 24.6 Å². The van der Waals surface area contributed by atoms with E-state index in [2.05, 4.69) is 27.3 Å². The van der Waals surface area contributed by atoms with Crippen molar-refractivity contribution in [1.29, 1.82) is 0 Å². The van der Waals surface area contributed by atoms with Crippen molar-refractivity contribution in [1.82, 2.24) is 4.98 Å². The van der Waals surface area contributed by atoms with Crippen molar-refractivity contribution < 1.29 is 9.00 Å². The van der Waals surface area contributed by atoms with Crippen LogP contribution in [-0.2, 0) is 16.1 Å². The molecule has 0 N–H and O–H groups in total. The van der Waals surface area contributed by atoms with Gasteiger partial charge in [0, 0.05) is 24.9 Å². The fourth-order valence-electron chi connectivity index (χ4n) is 3.45. The predicted molar refractivity (Wildman–Crippen MR) is 129 cm³/mol. The third kappa shape index (κ3) is 4.77. The van der Waals surface area contributed by atoms with Crippen LogP contribution < -0.4 is 0 Å². The van der Waals surface area contributed by atoms with Gasteiger partial charge in [0.1, 0.15) is 5.69 Å². The summed E-state index contributed by atoms with van der Waals surface area (Å²) in [6.07, 6.45) is 12.1. The Morgan fingerprint density at radius 3 is 2.66 bits per heavy atom. The standard InChI is InChI=1S/C27H22N2O2S/c1-20(30)25-18-16-21(19-28-25)15-17-23-10-6-7-13-26(23)29-32(2,31)27-14-8-11-22-9-4-3-5-12-24(22)27/h3-11,13-14,16,18-19H,12H2,1-2H3. The van der Waals surface area contributed by atoms with E-state index in [0.717, 1.165) is 16.0 Å². The monoisotopic (exact) mass is 438 g/mol. The van der Waals surface area contributed by atoms with Gasteiger partial charge >= 0.3 is 0 Å². The van der Waals surface area contributed by atoms with Gasteiger partial charge in [0.25, 0.3) is 0 Å². The van der Waals surface area contributed by atoms with Crippen molar-refractivity contribution in [3.8, 4) is 11.8 Å². The molecule has 4 nitrogen and oxygen atoms in total. The molecule has 32 heavy (non-hydrogen) atoms. The number of carbonyl (C=O) groups excluding carboxylic acids is 1. The highest BCUT2D eigenvalue weighted by molar-refractivity contribution is 7.93. The summed E-state index contributed by atoms with van der Waals surface area (Å²) in [5.41, 5.74) is 4.45. The Kier molecular flexibility index (Phi) is 6.16. The Morgan fingerprint density at radius 1 is 1.03 bits per heavy atom. The summed E-state index contributed by atoms with van der Waals surface area (Å²) in [7, 11) is -2.70. The van der Waals surface area contributed by atoms with Gasteiger partial charge in [-0.2, -0.15) is 4.36 Å². The molecule has 0 spiro atoms. The smallest absolute Gasteiger partial charge is 0.178 e. The fourth-order valence-corrected chi connectivity index (χ4v) is 5.07. The van der Waals surface area contributed by atoms with Gasteiger partial charge < -0.3 is 0 Å². The number of fused-ring (bicyclic) bond motifs is 1. The molecule has 1 heterocycles. The topological polar surface area (TPSA) is 59.4 Å². The number of hydrogen-bond acceptors (Lipinski definition) is 4. The molecule has 5 heteroatoms. The minimum absolute atomic E-state index is 0.0869. The lowest BCUT2D eigenvalue weighted by molar-refractivity contribution is 0.101. The third-order valence-corrected chi connectivity index (χ3v) is 6.81. The van der Waals surface area contributed by atoms with Crippen molar-refractivity contribution in [2.24, 2.45) is 4.36 Å². The van der Waals surface area contributed by atoms with Crippen LogP contribution in [0.4, 0.5) is 5.69 Å². The van der Waals surface area contributed by atoms with E-state index in [9.17, 15) is 9.00 Å². The van der Waals surface area contributed by atoms with Crippen molar-refractivity contribution in [3.05, 3.63) is 107 Å². The number of allylic oxidation sites excluding steroid dienone is 3. The molecule has 1 atom stereocenters. The van der Waals surface area contributed by atoms with Crippen molar-refractivity contribution >= 4 is 27.3 Å².